The van der Waals surface area contributed by atoms with Crippen LogP contribution < -0.4 is 17.0 Å². The largest absolute Gasteiger partial charge is 1.00 e. The minimum Gasteiger partial charge on any atom is -1.00 e. The molecule has 0 saturated heterocycles. The number of rotatable bonds is 4. The molecule has 1 aromatic rings. The Bertz CT molecular complexity index is 355. The van der Waals surface area contributed by atoms with Gasteiger partial charge in [-0.15, -0.1) is 0 Å². The average Bonchev–Trinajstić information content (AvgIpc) is 2.37. The van der Waals surface area contributed by atoms with E-state index in [-0.39, 0.29) is 12.4 Å². The minimum absolute atomic E-state index is 0. The number of halogens is 1. The van der Waals surface area contributed by atoms with E-state index in [1.807, 2.05) is 18.2 Å². The molecule has 1 heterocycles. The fourth-order valence-electron chi connectivity index (χ4n) is 3.01. The highest BCUT2D eigenvalue weighted by molar-refractivity contribution is 4.83. The molecule has 2 rings (SSSR count). The fourth-order valence-corrected chi connectivity index (χ4v) is 3.01. The Labute approximate surface area is 123 Å². The van der Waals surface area contributed by atoms with E-state index in [4.69, 9.17) is 4.74 Å². The molecule has 0 spiro atoms. The summed E-state index contributed by atoms with van der Waals surface area (Å²) in [5.41, 5.74) is 0. The van der Waals surface area contributed by atoms with Crippen molar-refractivity contribution in [2.45, 2.75) is 52.9 Å². The van der Waals surface area contributed by atoms with Gasteiger partial charge in [0.25, 0.3) is 6.73 Å². The van der Waals surface area contributed by atoms with Crippen LogP contribution in [0.3, 0.4) is 0 Å². The van der Waals surface area contributed by atoms with Crippen molar-refractivity contribution in [1.29, 1.82) is 0 Å². The van der Waals surface area contributed by atoms with Crippen LogP contribution in [-0.4, -0.2) is 6.10 Å². The summed E-state index contributed by atoms with van der Waals surface area (Å²) in [4.78, 5) is 0. The molecule has 1 aliphatic carbocycles. The minimum atomic E-state index is 0. The van der Waals surface area contributed by atoms with Crippen molar-refractivity contribution in [3.05, 3.63) is 30.6 Å². The van der Waals surface area contributed by atoms with E-state index in [2.05, 4.69) is 37.7 Å². The van der Waals surface area contributed by atoms with E-state index in [9.17, 15) is 0 Å². The van der Waals surface area contributed by atoms with Gasteiger partial charge in [0.05, 0.1) is 6.10 Å². The Morgan fingerprint density at radius 3 is 2.47 bits per heavy atom. The van der Waals surface area contributed by atoms with Crippen molar-refractivity contribution in [3.63, 3.8) is 0 Å². The Morgan fingerprint density at radius 2 is 1.84 bits per heavy atom. The van der Waals surface area contributed by atoms with Gasteiger partial charge in [0.15, 0.2) is 12.4 Å². The first-order chi connectivity index (χ1) is 8.66. The molecule has 1 saturated carbocycles. The maximum atomic E-state index is 6.18. The normalized spacial score (nSPS) is 27.1. The molecule has 0 radical (unpaired) electrons. The summed E-state index contributed by atoms with van der Waals surface area (Å²) in [5.74, 6) is 2.26. The molecule has 0 bridgehead atoms. The van der Waals surface area contributed by atoms with Crippen molar-refractivity contribution in [3.8, 4) is 0 Å². The third-order valence-corrected chi connectivity index (χ3v) is 4.18. The highest BCUT2D eigenvalue weighted by Crippen LogP contribution is 2.35. The summed E-state index contributed by atoms with van der Waals surface area (Å²) in [5, 5.41) is 0. The van der Waals surface area contributed by atoms with Crippen LogP contribution in [0.15, 0.2) is 30.6 Å². The molecule has 108 valence electrons. The predicted octanol–water partition coefficient (Wildman–Crippen LogP) is 0.413. The maximum absolute atomic E-state index is 6.18. The van der Waals surface area contributed by atoms with Crippen molar-refractivity contribution in [2.75, 3.05) is 0 Å². The second kappa shape index (κ2) is 7.86. The molecule has 0 N–H and O–H groups in total. The molecular formula is C16H26ClNO. The van der Waals surface area contributed by atoms with Gasteiger partial charge < -0.3 is 17.1 Å². The van der Waals surface area contributed by atoms with E-state index < -0.39 is 0 Å². The number of pyridine rings is 1. The number of hydrogen-bond acceptors (Lipinski definition) is 1. The zero-order valence-corrected chi connectivity index (χ0v) is 13.0. The SMILES string of the molecule is CC1CCC(C(C)C)C(OC[n+]2ccccc2)C1.[Cl-]. The Kier molecular flexibility index (Phi) is 6.81. The topological polar surface area (TPSA) is 13.1 Å². The first-order valence-electron chi connectivity index (χ1n) is 7.22. The van der Waals surface area contributed by atoms with Crippen LogP contribution in [0, 0.1) is 17.8 Å². The predicted molar refractivity (Wildman–Crippen MR) is 72.9 cm³/mol. The lowest BCUT2D eigenvalue weighted by atomic mass is 9.75. The number of aromatic nitrogens is 1. The summed E-state index contributed by atoms with van der Waals surface area (Å²) in [6, 6.07) is 6.13. The molecule has 1 aromatic heterocycles. The zero-order chi connectivity index (χ0) is 13.0. The Morgan fingerprint density at radius 1 is 1.16 bits per heavy atom. The van der Waals surface area contributed by atoms with Gasteiger partial charge in [0.2, 0.25) is 0 Å². The van der Waals surface area contributed by atoms with Crippen molar-refractivity contribution in [2.24, 2.45) is 17.8 Å². The van der Waals surface area contributed by atoms with Crippen LogP contribution >= 0.6 is 0 Å². The second-order valence-electron chi connectivity index (χ2n) is 6.05. The molecule has 1 fully saturated rings. The summed E-state index contributed by atoms with van der Waals surface area (Å²) >= 11 is 0. The van der Waals surface area contributed by atoms with Gasteiger partial charge in [-0.25, -0.2) is 0 Å². The van der Waals surface area contributed by atoms with Gasteiger partial charge in [0.1, 0.15) is 0 Å². The Balaban J connectivity index is 0.00000180. The van der Waals surface area contributed by atoms with Gasteiger partial charge in [-0.1, -0.05) is 33.3 Å². The van der Waals surface area contributed by atoms with E-state index in [1.165, 1.54) is 19.3 Å². The summed E-state index contributed by atoms with van der Waals surface area (Å²) in [6.45, 7) is 7.68. The molecule has 0 aromatic carbocycles. The van der Waals surface area contributed by atoms with E-state index in [1.54, 1.807) is 0 Å². The molecule has 0 aliphatic heterocycles. The molecule has 2 nitrogen and oxygen atoms in total. The molecule has 1 aliphatic rings. The summed E-state index contributed by atoms with van der Waals surface area (Å²) in [6.07, 6.45) is 8.47. The molecule has 19 heavy (non-hydrogen) atoms. The van der Waals surface area contributed by atoms with Gasteiger partial charge in [-0.2, -0.15) is 4.57 Å². The lowest BCUT2D eigenvalue weighted by Gasteiger charge is -2.36. The molecule has 3 unspecified atom stereocenters. The van der Waals surface area contributed by atoms with Crippen LogP contribution in [-0.2, 0) is 11.5 Å². The van der Waals surface area contributed by atoms with Gasteiger partial charge in [-0.3, -0.25) is 0 Å². The smallest absolute Gasteiger partial charge is 0.252 e. The van der Waals surface area contributed by atoms with Gasteiger partial charge in [-0.05, 0) is 30.6 Å². The highest BCUT2D eigenvalue weighted by atomic mass is 35.5. The molecule has 3 atom stereocenters. The van der Waals surface area contributed by atoms with Crippen molar-refractivity contribution >= 4 is 0 Å². The first-order valence-corrected chi connectivity index (χ1v) is 7.22. The molecule has 3 heteroatoms. The first kappa shape index (κ1) is 16.5. The van der Waals surface area contributed by atoms with Crippen LogP contribution in [0.4, 0.5) is 0 Å². The number of ether oxygens (including phenoxy) is 1. The third-order valence-electron chi connectivity index (χ3n) is 4.18. The monoisotopic (exact) mass is 283 g/mol. The molecule has 0 amide bonds. The maximum Gasteiger partial charge on any atom is 0.252 e. The van der Waals surface area contributed by atoms with Crippen LogP contribution in [0.25, 0.3) is 0 Å². The lowest BCUT2D eigenvalue weighted by Crippen LogP contribution is -3.00. The van der Waals surface area contributed by atoms with Crippen molar-refractivity contribution in [1.82, 2.24) is 0 Å². The summed E-state index contributed by atoms with van der Waals surface area (Å²) in [7, 11) is 0. The standard InChI is InChI=1S/C16H26NO.ClH/c1-13(2)15-8-7-14(3)11-16(15)18-12-17-9-5-4-6-10-17;/h4-6,9-10,13-16H,7-8,11-12H2,1-3H3;1H/q+1;/p-1. The third kappa shape index (κ3) is 4.77. The van der Waals surface area contributed by atoms with Gasteiger partial charge >= 0.3 is 0 Å². The quantitative estimate of drug-likeness (QED) is 0.730. The lowest BCUT2D eigenvalue weighted by molar-refractivity contribution is -0.735. The fraction of sp³-hybridized carbons (Fsp3) is 0.688. The van der Waals surface area contributed by atoms with E-state index in [0.29, 0.717) is 12.8 Å². The molecular weight excluding hydrogens is 258 g/mol. The van der Waals surface area contributed by atoms with E-state index in [0.717, 1.165) is 17.8 Å². The zero-order valence-electron chi connectivity index (χ0n) is 12.3. The van der Waals surface area contributed by atoms with Crippen LogP contribution in [0.2, 0.25) is 0 Å². The van der Waals surface area contributed by atoms with Gasteiger partial charge in [0, 0.05) is 12.1 Å². The average molecular weight is 284 g/mol. The number of nitrogens with zero attached hydrogens (tertiary/aromatic N) is 1. The second-order valence-corrected chi connectivity index (χ2v) is 6.05. The van der Waals surface area contributed by atoms with Crippen LogP contribution in [0.5, 0.6) is 0 Å². The van der Waals surface area contributed by atoms with Crippen molar-refractivity contribution < 1.29 is 21.7 Å². The number of hydrogen-bond donors (Lipinski definition) is 0. The Hall–Kier alpha value is -0.600. The van der Waals surface area contributed by atoms with Crippen LogP contribution in [0.1, 0.15) is 40.0 Å². The van der Waals surface area contributed by atoms with E-state index >= 15 is 0 Å². The highest BCUT2D eigenvalue weighted by Gasteiger charge is 2.31. The summed E-state index contributed by atoms with van der Waals surface area (Å²) < 4.78 is 8.28.